The van der Waals surface area contributed by atoms with Crippen LogP contribution >= 0.6 is 0 Å². The molecule has 0 bridgehead atoms. The lowest BCUT2D eigenvalue weighted by atomic mass is 10.1. The van der Waals surface area contributed by atoms with E-state index in [1.54, 1.807) is 6.92 Å². The fourth-order valence-corrected chi connectivity index (χ4v) is 1.38. The molecule has 0 N–H and O–H groups in total. The summed E-state index contributed by atoms with van der Waals surface area (Å²) < 4.78 is 9.43. The first-order valence-electron chi connectivity index (χ1n) is 5.48. The zero-order valence-electron chi connectivity index (χ0n) is 10.1. The number of hydrogen-bond acceptors (Lipinski definition) is 4. The Labute approximate surface area is 101 Å². The van der Waals surface area contributed by atoms with Gasteiger partial charge in [0.15, 0.2) is 6.61 Å². The molecular weight excluding hydrogens is 220 g/mol. The molecule has 92 valence electrons. The number of carbonyl (C=O) groups is 2. The Morgan fingerprint density at radius 1 is 1.18 bits per heavy atom. The van der Waals surface area contributed by atoms with Gasteiger partial charge in [-0.15, -0.1) is 0 Å². The van der Waals surface area contributed by atoms with E-state index in [0.717, 1.165) is 11.1 Å². The zero-order chi connectivity index (χ0) is 12.7. The van der Waals surface area contributed by atoms with E-state index in [4.69, 9.17) is 4.74 Å². The number of hydrogen-bond donors (Lipinski definition) is 0. The van der Waals surface area contributed by atoms with Crippen molar-refractivity contribution in [3.05, 3.63) is 35.4 Å². The van der Waals surface area contributed by atoms with Crippen LogP contribution in [-0.4, -0.2) is 25.2 Å². The molecule has 0 unspecified atom stereocenters. The molecule has 1 aromatic rings. The van der Waals surface area contributed by atoms with Crippen molar-refractivity contribution >= 4 is 11.9 Å². The number of carbonyl (C=O) groups excluding carboxylic acids is 2. The minimum absolute atomic E-state index is 0.168. The Morgan fingerprint density at radius 2 is 1.94 bits per heavy atom. The fourth-order valence-electron chi connectivity index (χ4n) is 1.38. The average Bonchev–Trinajstić information content (AvgIpc) is 2.27. The summed E-state index contributed by atoms with van der Waals surface area (Å²) >= 11 is 0. The van der Waals surface area contributed by atoms with Crippen LogP contribution in [0.5, 0.6) is 0 Å². The van der Waals surface area contributed by atoms with Gasteiger partial charge in [0.05, 0.1) is 13.0 Å². The summed E-state index contributed by atoms with van der Waals surface area (Å²) in [6.07, 6.45) is 0.168. The monoisotopic (exact) mass is 236 g/mol. The molecule has 0 spiro atoms. The third kappa shape index (κ3) is 5.15. The number of esters is 2. The van der Waals surface area contributed by atoms with Crippen LogP contribution in [0.2, 0.25) is 0 Å². The number of benzene rings is 1. The average molecular weight is 236 g/mol. The van der Waals surface area contributed by atoms with Crippen LogP contribution in [0.4, 0.5) is 0 Å². The molecule has 0 amide bonds. The number of ether oxygens (including phenoxy) is 2. The second kappa shape index (κ2) is 6.68. The molecule has 0 aliphatic heterocycles. The van der Waals surface area contributed by atoms with Gasteiger partial charge in [-0.25, -0.2) is 4.79 Å². The molecule has 0 saturated heterocycles. The van der Waals surface area contributed by atoms with E-state index in [1.165, 1.54) is 0 Å². The maximum atomic E-state index is 11.4. The second-order valence-corrected chi connectivity index (χ2v) is 3.63. The molecule has 1 aromatic carbocycles. The van der Waals surface area contributed by atoms with Gasteiger partial charge in [0.2, 0.25) is 0 Å². The molecule has 4 nitrogen and oxygen atoms in total. The highest BCUT2D eigenvalue weighted by molar-refractivity contribution is 5.77. The molecule has 0 aliphatic rings. The van der Waals surface area contributed by atoms with Gasteiger partial charge >= 0.3 is 11.9 Å². The van der Waals surface area contributed by atoms with Crippen LogP contribution in [0, 0.1) is 6.92 Å². The molecule has 17 heavy (non-hydrogen) atoms. The third-order valence-electron chi connectivity index (χ3n) is 2.09. The molecule has 4 heteroatoms. The van der Waals surface area contributed by atoms with Crippen molar-refractivity contribution in [1.29, 1.82) is 0 Å². The smallest absolute Gasteiger partial charge is 0.344 e. The van der Waals surface area contributed by atoms with Crippen LogP contribution in [0.3, 0.4) is 0 Å². The number of rotatable bonds is 5. The molecule has 0 aromatic heterocycles. The largest absolute Gasteiger partial charge is 0.463 e. The van der Waals surface area contributed by atoms with Gasteiger partial charge in [-0.05, 0) is 19.4 Å². The van der Waals surface area contributed by atoms with Crippen LogP contribution in [0.15, 0.2) is 24.3 Å². The van der Waals surface area contributed by atoms with Crippen molar-refractivity contribution in [3.63, 3.8) is 0 Å². The van der Waals surface area contributed by atoms with Gasteiger partial charge in [-0.3, -0.25) is 4.79 Å². The van der Waals surface area contributed by atoms with E-state index >= 15 is 0 Å². The SMILES string of the molecule is CCOC(=O)COC(=O)Cc1cccc(C)c1. The van der Waals surface area contributed by atoms with Crippen molar-refractivity contribution in [2.75, 3.05) is 13.2 Å². The molecule has 0 saturated carbocycles. The van der Waals surface area contributed by atoms with E-state index in [-0.39, 0.29) is 19.6 Å². The van der Waals surface area contributed by atoms with Crippen molar-refractivity contribution in [2.24, 2.45) is 0 Å². The molecular formula is C13H16O4. The Hall–Kier alpha value is -1.84. The first kappa shape index (κ1) is 13.2. The predicted octanol–water partition coefficient (Wildman–Crippen LogP) is 1.64. The minimum atomic E-state index is -0.523. The Kier molecular flexibility index (Phi) is 5.20. The van der Waals surface area contributed by atoms with Gasteiger partial charge in [-0.1, -0.05) is 29.8 Å². The van der Waals surface area contributed by atoms with E-state index in [9.17, 15) is 9.59 Å². The topological polar surface area (TPSA) is 52.6 Å². The minimum Gasteiger partial charge on any atom is -0.463 e. The van der Waals surface area contributed by atoms with Crippen LogP contribution in [0.25, 0.3) is 0 Å². The molecule has 0 radical (unpaired) electrons. The highest BCUT2D eigenvalue weighted by Crippen LogP contribution is 2.05. The Morgan fingerprint density at radius 3 is 2.59 bits per heavy atom. The summed E-state index contributed by atoms with van der Waals surface area (Å²) in [5.41, 5.74) is 1.96. The highest BCUT2D eigenvalue weighted by Gasteiger charge is 2.08. The lowest BCUT2D eigenvalue weighted by Crippen LogP contribution is -2.17. The van der Waals surface area contributed by atoms with Crippen molar-refractivity contribution in [2.45, 2.75) is 20.3 Å². The fraction of sp³-hybridized carbons (Fsp3) is 0.385. The predicted molar refractivity (Wildman–Crippen MR) is 62.5 cm³/mol. The van der Waals surface area contributed by atoms with Gasteiger partial charge in [0.1, 0.15) is 0 Å². The van der Waals surface area contributed by atoms with Crippen molar-refractivity contribution in [3.8, 4) is 0 Å². The Bertz CT molecular complexity index is 398. The van der Waals surface area contributed by atoms with Crippen LogP contribution in [0.1, 0.15) is 18.1 Å². The number of aryl methyl sites for hydroxylation is 1. The standard InChI is InChI=1S/C13H16O4/c1-3-16-13(15)9-17-12(14)8-11-6-4-5-10(2)7-11/h4-7H,3,8-9H2,1-2H3. The van der Waals surface area contributed by atoms with E-state index < -0.39 is 11.9 Å². The summed E-state index contributed by atoms with van der Waals surface area (Å²) in [5, 5.41) is 0. The van der Waals surface area contributed by atoms with Gasteiger partial charge in [0.25, 0.3) is 0 Å². The van der Waals surface area contributed by atoms with E-state index in [1.807, 2.05) is 31.2 Å². The van der Waals surface area contributed by atoms with Gasteiger partial charge in [0, 0.05) is 0 Å². The molecule has 0 aliphatic carbocycles. The zero-order valence-corrected chi connectivity index (χ0v) is 10.1. The third-order valence-corrected chi connectivity index (χ3v) is 2.09. The highest BCUT2D eigenvalue weighted by atomic mass is 16.6. The van der Waals surface area contributed by atoms with Crippen LogP contribution in [-0.2, 0) is 25.5 Å². The summed E-state index contributed by atoms with van der Waals surface area (Å²) in [6.45, 7) is 3.62. The summed E-state index contributed by atoms with van der Waals surface area (Å²) in [6, 6.07) is 7.58. The van der Waals surface area contributed by atoms with Crippen LogP contribution < -0.4 is 0 Å². The first-order valence-corrected chi connectivity index (χ1v) is 5.48. The summed E-state index contributed by atoms with van der Waals surface area (Å²) in [5.74, 6) is -0.950. The second-order valence-electron chi connectivity index (χ2n) is 3.63. The Balaban J connectivity index is 2.37. The maximum Gasteiger partial charge on any atom is 0.344 e. The molecule has 0 fully saturated rings. The lowest BCUT2D eigenvalue weighted by molar-refractivity contribution is -0.158. The quantitative estimate of drug-likeness (QED) is 0.729. The lowest BCUT2D eigenvalue weighted by Gasteiger charge is -2.05. The molecule has 0 atom stereocenters. The molecule has 0 heterocycles. The normalized spacial score (nSPS) is 9.76. The summed E-state index contributed by atoms with van der Waals surface area (Å²) in [4.78, 5) is 22.4. The van der Waals surface area contributed by atoms with Gasteiger partial charge < -0.3 is 9.47 Å². The van der Waals surface area contributed by atoms with Crippen molar-refractivity contribution in [1.82, 2.24) is 0 Å². The van der Waals surface area contributed by atoms with Crippen molar-refractivity contribution < 1.29 is 19.1 Å². The van der Waals surface area contributed by atoms with Gasteiger partial charge in [-0.2, -0.15) is 0 Å². The summed E-state index contributed by atoms with van der Waals surface area (Å²) in [7, 11) is 0. The first-order chi connectivity index (χ1) is 8.11. The maximum absolute atomic E-state index is 11.4. The molecule has 1 rings (SSSR count). The van der Waals surface area contributed by atoms with E-state index in [2.05, 4.69) is 4.74 Å². The van der Waals surface area contributed by atoms with E-state index in [0.29, 0.717) is 0 Å².